The van der Waals surface area contributed by atoms with Gasteiger partial charge in [-0.25, -0.2) is 0 Å². The van der Waals surface area contributed by atoms with Gasteiger partial charge in [0.05, 0.1) is 21.3 Å². The number of hydrogen-bond donors (Lipinski definition) is 2. The van der Waals surface area contributed by atoms with Crippen LogP contribution in [-0.4, -0.2) is 40.1 Å². The van der Waals surface area contributed by atoms with Crippen molar-refractivity contribution in [3.8, 4) is 17.2 Å². The number of methoxy groups -OCH3 is 3. The number of hydrogen-bond acceptors (Lipinski definition) is 5. The summed E-state index contributed by atoms with van der Waals surface area (Å²) >= 11 is 0. The SMILES string of the molecule is CNC(CCO)c1cc(OC)c(OC)cc1OC. The average molecular weight is 255 g/mol. The molecule has 0 aliphatic heterocycles. The predicted octanol–water partition coefficient (Wildman–Crippen LogP) is 1.36. The molecule has 18 heavy (non-hydrogen) atoms. The van der Waals surface area contributed by atoms with E-state index in [4.69, 9.17) is 19.3 Å². The number of aliphatic hydroxyl groups is 1. The number of rotatable bonds is 7. The number of benzene rings is 1. The Morgan fingerprint density at radius 1 is 1.06 bits per heavy atom. The predicted molar refractivity (Wildman–Crippen MR) is 69.6 cm³/mol. The fraction of sp³-hybridized carbons (Fsp3) is 0.538. The molecule has 0 saturated heterocycles. The number of aliphatic hydroxyl groups excluding tert-OH is 1. The van der Waals surface area contributed by atoms with Gasteiger partial charge in [0, 0.05) is 24.3 Å². The van der Waals surface area contributed by atoms with Crippen LogP contribution in [-0.2, 0) is 0 Å². The summed E-state index contributed by atoms with van der Waals surface area (Å²) in [5.41, 5.74) is 0.937. The molecule has 0 saturated carbocycles. The Labute approximate surface area is 108 Å². The summed E-state index contributed by atoms with van der Waals surface area (Å²) in [7, 11) is 6.63. The zero-order valence-corrected chi connectivity index (χ0v) is 11.3. The van der Waals surface area contributed by atoms with Crippen LogP contribution >= 0.6 is 0 Å². The first-order valence-electron chi connectivity index (χ1n) is 5.79. The van der Waals surface area contributed by atoms with Crippen molar-refractivity contribution in [1.82, 2.24) is 5.32 Å². The standard InChI is InChI=1S/C13H21NO4/c1-14-10(5-6-15)9-7-12(17-3)13(18-4)8-11(9)16-2/h7-8,10,14-15H,5-6H2,1-4H3. The van der Waals surface area contributed by atoms with Gasteiger partial charge in [0.25, 0.3) is 0 Å². The molecule has 1 rings (SSSR count). The summed E-state index contributed by atoms with van der Waals surface area (Å²) in [5, 5.41) is 12.2. The van der Waals surface area contributed by atoms with Crippen molar-refractivity contribution in [3.05, 3.63) is 17.7 Å². The van der Waals surface area contributed by atoms with Crippen molar-refractivity contribution in [2.24, 2.45) is 0 Å². The quantitative estimate of drug-likeness (QED) is 0.770. The van der Waals surface area contributed by atoms with Gasteiger partial charge in [-0.15, -0.1) is 0 Å². The molecule has 102 valence electrons. The van der Waals surface area contributed by atoms with Crippen LogP contribution < -0.4 is 19.5 Å². The Hall–Kier alpha value is -1.46. The first-order valence-corrected chi connectivity index (χ1v) is 5.79. The molecule has 1 aromatic carbocycles. The Morgan fingerprint density at radius 3 is 2.06 bits per heavy atom. The third-order valence-corrected chi connectivity index (χ3v) is 2.88. The van der Waals surface area contributed by atoms with Crippen LogP contribution in [0.4, 0.5) is 0 Å². The highest BCUT2D eigenvalue weighted by Gasteiger charge is 2.18. The number of ether oxygens (including phenoxy) is 3. The summed E-state index contributed by atoms with van der Waals surface area (Å²) in [6.07, 6.45) is 0.600. The smallest absolute Gasteiger partial charge is 0.164 e. The maximum absolute atomic E-state index is 9.08. The molecule has 0 aliphatic carbocycles. The fourth-order valence-electron chi connectivity index (χ4n) is 1.91. The summed E-state index contributed by atoms with van der Waals surface area (Å²) in [6.45, 7) is 0.100. The van der Waals surface area contributed by atoms with Crippen molar-refractivity contribution in [1.29, 1.82) is 0 Å². The topological polar surface area (TPSA) is 60.0 Å². The lowest BCUT2D eigenvalue weighted by molar-refractivity contribution is 0.266. The van der Waals surface area contributed by atoms with Gasteiger partial charge in [0.2, 0.25) is 0 Å². The van der Waals surface area contributed by atoms with Gasteiger partial charge in [0.15, 0.2) is 11.5 Å². The van der Waals surface area contributed by atoms with E-state index in [1.54, 1.807) is 27.4 Å². The van der Waals surface area contributed by atoms with Crippen LogP contribution in [0.25, 0.3) is 0 Å². The van der Waals surface area contributed by atoms with E-state index in [-0.39, 0.29) is 12.6 Å². The minimum absolute atomic E-state index is 0.00440. The van der Waals surface area contributed by atoms with Crippen molar-refractivity contribution in [2.75, 3.05) is 35.0 Å². The third-order valence-electron chi connectivity index (χ3n) is 2.88. The molecule has 5 heteroatoms. The van der Waals surface area contributed by atoms with Gasteiger partial charge >= 0.3 is 0 Å². The second-order valence-corrected chi connectivity index (χ2v) is 3.80. The molecule has 0 aliphatic rings. The first kappa shape index (κ1) is 14.6. The molecular weight excluding hydrogens is 234 g/mol. The zero-order valence-electron chi connectivity index (χ0n) is 11.3. The molecule has 0 spiro atoms. The van der Waals surface area contributed by atoms with E-state index >= 15 is 0 Å². The van der Waals surface area contributed by atoms with Crippen LogP contribution in [0.2, 0.25) is 0 Å². The minimum atomic E-state index is 0.00440. The van der Waals surface area contributed by atoms with Gasteiger partial charge in [-0.2, -0.15) is 0 Å². The second-order valence-electron chi connectivity index (χ2n) is 3.80. The highest BCUT2D eigenvalue weighted by molar-refractivity contribution is 5.51. The molecule has 1 atom stereocenters. The molecular formula is C13H21NO4. The highest BCUT2D eigenvalue weighted by Crippen LogP contribution is 2.38. The van der Waals surface area contributed by atoms with E-state index in [0.29, 0.717) is 23.7 Å². The lowest BCUT2D eigenvalue weighted by Crippen LogP contribution is -2.18. The van der Waals surface area contributed by atoms with Crippen LogP contribution in [0, 0.1) is 0 Å². The summed E-state index contributed by atoms with van der Waals surface area (Å²) in [4.78, 5) is 0. The van der Waals surface area contributed by atoms with E-state index in [2.05, 4.69) is 5.32 Å². The summed E-state index contributed by atoms with van der Waals surface area (Å²) < 4.78 is 15.9. The Bertz CT molecular complexity index is 381. The van der Waals surface area contributed by atoms with Crippen molar-refractivity contribution in [2.45, 2.75) is 12.5 Å². The van der Waals surface area contributed by atoms with Gasteiger partial charge in [-0.1, -0.05) is 0 Å². The fourth-order valence-corrected chi connectivity index (χ4v) is 1.91. The molecule has 0 aromatic heterocycles. The van der Waals surface area contributed by atoms with Gasteiger partial charge in [-0.3, -0.25) is 0 Å². The molecule has 0 fully saturated rings. The number of nitrogens with one attached hydrogen (secondary N) is 1. The Kier molecular flexibility index (Phi) is 5.74. The van der Waals surface area contributed by atoms with Crippen molar-refractivity contribution in [3.63, 3.8) is 0 Å². The molecule has 2 N–H and O–H groups in total. The van der Waals surface area contributed by atoms with Gasteiger partial charge in [-0.05, 0) is 19.5 Å². The van der Waals surface area contributed by atoms with Crippen molar-refractivity contribution >= 4 is 0 Å². The van der Waals surface area contributed by atoms with Gasteiger partial charge in [0.1, 0.15) is 5.75 Å². The molecule has 0 heterocycles. The van der Waals surface area contributed by atoms with E-state index in [1.165, 1.54) is 0 Å². The third kappa shape index (κ3) is 3.05. The largest absolute Gasteiger partial charge is 0.496 e. The monoisotopic (exact) mass is 255 g/mol. The maximum Gasteiger partial charge on any atom is 0.164 e. The molecule has 1 unspecified atom stereocenters. The summed E-state index contributed by atoms with van der Waals surface area (Å²) in [6, 6.07) is 3.66. The van der Waals surface area contributed by atoms with E-state index in [9.17, 15) is 0 Å². The second kappa shape index (κ2) is 7.08. The van der Waals surface area contributed by atoms with E-state index in [0.717, 1.165) is 5.56 Å². The van der Waals surface area contributed by atoms with E-state index in [1.807, 2.05) is 13.1 Å². The lowest BCUT2D eigenvalue weighted by atomic mass is 10.0. The highest BCUT2D eigenvalue weighted by atomic mass is 16.5. The van der Waals surface area contributed by atoms with Gasteiger partial charge < -0.3 is 24.6 Å². The first-order chi connectivity index (χ1) is 8.71. The maximum atomic E-state index is 9.08. The normalized spacial score (nSPS) is 12.1. The average Bonchev–Trinajstić information content (AvgIpc) is 2.43. The lowest BCUT2D eigenvalue weighted by Gasteiger charge is -2.20. The van der Waals surface area contributed by atoms with E-state index < -0.39 is 0 Å². The Morgan fingerprint density at radius 2 is 1.61 bits per heavy atom. The van der Waals surface area contributed by atoms with Crippen LogP contribution in [0.15, 0.2) is 12.1 Å². The van der Waals surface area contributed by atoms with Crippen LogP contribution in [0.3, 0.4) is 0 Å². The zero-order chi connectivity index (χ0) is 13.5. The molecule has 0 radical (unpaired) electrons. The Balaban J connectivity index is 3.23. The molecule has 1 aromatic rings. The molecule has 0 amide bonds. The molecule has 0 bridgehead atoms. The minimum Gasteiger partial charge on any atom is -0.496 e. The van der Waals surface area contributed by atoms with Crippen molar-refractivity contribution < 1.29 is 19.3 Å². The van der Waals surface area contributed by atoms with Crippen LogP contribution in [0.5, 0.6) is 17.2 Å². The molecule has 5 nitrogen and oxygen atoms in total. The van der Waals surface area contributed by atoms with Crippen LogP contribution in [0.1, 0.15) is 18.0 Å². The summed E-state index contributed by atoms with van der Waals surface area (Å²) in [5.74, 6) is 1.98.